The van der Waals surface area contributed by atoms with Crippen LogP contribution in [0.3, 0.4) is 0 Å². The van der Waals surface area contributed by atoms with E-state index in [1.165, 1.54) is 0 Å². The van der Waals surface area contributed by atoms with Crippen molar-refractivity contribution in [2.45, 2.75) is 31.9 Å². The van der Waals surface area contributed by atoms with Gasteiger partial charge in [-0.25, -0.2) is 0 Å². The molecule has 3 nitrogen and oxygen atoms in total. The summed E-state index contributed by atoms with van der Waals surface area (Å²) in [5.74, 6) is -1.23. The number of carbonyl (C=O) groups excluding carboxylic acids is 1. The second-order valence-corrected chi connectivity index (χ2v) is 6.93. The maximum atomic E-state index is 12.8. The average Bonchev–Trinajstić information content (AvgIpc) is 2.79. The molecule has 1 aliphatic rings. The Hall–Kier alpha value is -2.21. The molecular weight excluding hydrogens is 391 g/mol. The molecule has 0 aromatic heterocycles. The van der Waals surface area contributed by atoms with Crippen molar-refractivity contribution in [3.63, 3.8) is 0 Å². The third kappa shape index (κ3) is 4.79. The fourth-order valence-corrected chi connectivity index (χ4v) is 3.64. The van der Waals surface area contributed by atoms with Crippen LogP contribution in [-0.2, 0) is 17.6 Å². The van der Waals surface area contributed by atoms with E-state index < -0.39 is 12.1 Å². The maximum absolute atomic E-state index is 12.8. The van der Waals surface area contributed by atoms with Crippen LogP contribution in [0.5, 0.6) is 5.75 Å². The Balaban J connectivity index is 0.00000280. The molecule has 0 saturated carbocycles. The predicted molar refractivity (Wildman–Crippen MR) is 104 cm³/mol. The van der Waals surface area contributed by atoms with Crippen molar-refractivity contribution in [2.24, 2.45) is 0 Å². The van der Waals surface area contributed by atoms with Crippen LogP contribution >= 0.6 is 12.4 Å². The second kappa shape index (κ2) is 8.86. The molecule has 0 N–H and O–H groups in total. The lowest BCUT2D eigenvalue weighted by molar-refractivity contribution is -0.185. The SMILES string of the molecule is COc1cc2c(cc1Cc1ccccc1)[C@@H](C)CN(C(=O)C(F)(F)F)CC2.Cl. The molecule has 0 spiro atoms. The van der Waals surface area contributed by atoms with Crippen molar-refractivity contribution >= 4 is 18.3 Å². The molecule has 7 heteroatoms. The Kier molecular flexibility index (Phi) is 6.99. The van der Waals surface area contributed by atoms with E-state index in [0.29, 0.717) is 12.8 Å². The zero-order valence-electron chi connectivity index (χ0n) is 15.8. The van der Waals surface area contributed by atoms with Gasteiger partial charge in [-0.3, -0.25) is 4.79 Å². The number of halogens is 4. The van der Waals surface area contributed by atoms with Gasteiger partial charge in [-0.2, -0.15) is 13.2 Å². The third-order valence-corrected chi connectivity index (χ3v) is 4.99. The summed E-state index contributed by atoms with van der Waals surface area (Å²) in [4.78, 5) is 12.6. The third-order valence-electron chi connectivity index (χ3n) is 4.99. The Morgan fingerprint density at radius 1 is 1.21 bits per heavy atom. The van der Waals surface area contributed by atoms with Crippen molar-refractivity contribution in [3.8, 4) is 5.75 Å². The highest BCUT2D eigenvalue weighted by Crippen LogP contribution is 2.33. The number of carbonyl (C=O) groups is 1. The number of hydrogen-bond acceptors (Lipinski definition) is 2. The number of methoxy groups -OCH3 is 1. The van der Waals surface area contributed by atoms with Gasteiger partial charge in [-0.1, -0.05) is 43.3 Å². The molecule has 2 aromatic rings. The molecule has 0 fully saturated rings. The number of fused-ring (bicyclic) bond motifs is 1. The molecular formula is C21H23ClF3NO2. The lowest BCUT2D eigenvalue weighted by Crippen LogP contribution is -2.42. The fourth-order valence-electron chi connectivity index (χ4n) is 3.64. The van der Waals surface area contributed by atoms with Gasteiger partial charge in [0.05, 0.1) is 7.11 Å². The van der Waals surface area contributed by atoms with Gasteiger partial charge in [0.25, 0.3) is 0 Å². The largest absolute Gasteiger partial charge is 0.496 e. The quantitative estimate of drug-likeness (QED) is 0.726. The van der Waals surface area contributed by atoms with E-state index in [2.05, 4.69) is 0 Å². The summed E-state index contributed by atoms with van der Waals surface area (Å²) in [6.45, 7) is 1.97. The van der Waals surface area contributed by atoms with E-state index in [4.69, 9.17) is 4.74 Å². The highest BCUT2D eigenvalue weighted by atomic mass is 35.5. The fraction of sp³-hybridized carbons (Fsp3) is 0.381. The Labute approximate surface area is 168 Å². The number of ether oxygens (including phenoxy) is 1. The molecule has 1 atom stereocenters. The predicted octanol–water partition coefficient (Wildman–Crippen LogP) is 4.76. The molecule has 3 rings (SSSR count). The number of hydrogen-bond donors (Lipinski definition) is 0. The minimum Gasteiger partial charge on any atom is -0.496 e. The van der Waals surface area contributed by atoms with E-state index in [-0.39, 0.29) is 31.4 Å². The first-order valence-electron chi connectivity index (χ1n) is 8.89. The van der Waals surface area contributed by atoms with E-state index in [1.54, 1.807) is 7.11 Å². The van der Waals surface area contributed by atoms with Crippen LogP contribution in [0.4, 0.5) is 13.2 Å². The van der Waals surface area contributed by atoms with Gasteiger partial charge in [0.2, 0.25) is 0 Å². The maximum Gasteiger partial charge on any atom is 0.471 e. The molecule has 28 heavy (non-hydrogen) atoms. The Morgan fingerprint density at radius 2 is 1.89 bits per heavy atom. The summed E-state index contributed by atoms with van der Waals surface area (Å²) in [6, 6.07) is 13.9. The minimum atomic E-state index is -4.84. The van der Waals surface area contributed by atoms with Crippen LogP contribution < -0.4 is 4.74 Å². The summed E-state index contributed by atoms with van der Waals surface area (Å²) in [7, 11) is 1.59. The molecule has 1 heterocycles. The number of benzene rings is 2. The van der Waals surface area contributed by atoms with Gasteiger partial charge < -0.3 is 9.64 Å². The smallest absolute Gasteiger partial charge is 0.471 e. The standard InChI is InChI=1S/C21H22F3NO2.ClH/c1-14-13-25(20(26)21(22,23)24)9-8-16-12-19(27-2)17(11-18(14)16)10-15-6-4-3-5-7-15;/h3-7,11-12,14H,8-10,13H2,1-2H3;1H/t14-;/m0./s1. The van der Waals surface area contributed by atoms with Gasteiger partial charge >= 0.3 is 12.1 Å². The number of amides is 1. The van der Waals surface area contributed by atoms with E-state index in [0.717, 1.165) is 32.9 Å². The monoisotopic (exact) mass is 413 g/mol. The summed E-state index contributed by atoms with van der Waals surface area (Å²) in [5.41, 5.74) is 4.05. The normalized spacial score (nSPS) is 16.6. The van der Waals surface area contributed by atoms with Crippen molar-refractivity contribution in [1.82, 2.24) is 4.90 Å². The van der Waals surface area contributed by atoms with Crippen LogP contribution in [0.1, 0.15) is 35.1 Å². The zero-order chi connectivity index (χ0) is 19.6. The molecule has 0 unspecified atom stereocenters. The number of rotatable bonds is 3. The van der Waals surface area contributed by atoms with Crippen LogP contribution in [-0.4, -0.2) is 37.2 Å². The lowest BCUT2D eigenvalue weighted by atomic mass is 9.91. The van der Waals surface area contributed by atoms with E-state index in [9.17, 15) is 18.0 Å². The Morgan fingerprint density at radius 3 is 2.50 bits per heavy atom. The van der Waals surface area contributed by atoms with Crippen LogP contribution in [0.25, 0.3) is 0 Å². The van der Waals surface area contributed by atoms with Gasteiger partial charge in [0.15, 0.2) is 0 Å². The van der Waals surface area contributed by atoms with Gasteiger partial charge in [-0.05, 0) is 40.7 Å². The number of alkyl halides is 3. The molecule has 0 saturated heterocycles. The summed E-state index contributed by atoms with van der Waals surface area (Å²) in [6.07, 6.45) is -3.79. The van der Waals surface area contributed by atoms with Crippen LogP contribution in [0.15, 0.2) is 42.5 Å². The van der Waals surface area contributed by atoms with E-state index in [1.807, 2.05) is 49.4 Å². The van der Waals surface area contributed by atoms with Gasteiger partial charge in [0, 0.05) is 19.5 Å². The highest BCUT2D eigenvalue weighted by Gasteiger charge is 2.43. The molecule has 0 bridgehead atoms. The Bertz CT molecular complexity index is 824. The first-order valence-corrected chi connectivity index (χ1v) is 8.89. The second-order valence-electron chi connectivity index (χ2n) is 6.93. The lowest BCUT2D eigenvalue weighted by Gasteiger charge is -2.24. The summed E-state index contributed by atoms with van der Waals surface area (Å²) >= 11 is 0. The highest BCUT2D eigenvalue weighted by molar-refractivity contribution is 5.85. The first kappa shape index (κ1) is 22.1. The number of nitrogens with zero attached hydrogens (tertiary/aromatic N) is 1. The molecule has 1 amide bonds. The van der Waals surface area contributed by atoms with Gasteiger partial charge in [0.1, 0.15) is 5.75 Å². The van der Waals surface area contributed by atoms with Crippen LogP contribution in [0, 0.1) is 0 Å². The van der Waals surface area contributed by atoms with Gasteiger partial charge in [-0.15, -0.1) is 12.4 Å². The van der Waals surface area contributed by atoms with Crippen molar-refractivity contribution in [3.05, 3.63) is 64.7 Å². The average molecular weight is 414 g/mol. The van der Waals surface area contributed by atoms with Crippen molar-refractivity contribution in [2.75, 3.05) is 20.2 Å². The van der Waals surface area contributed by atoms with Crippen LogP contribution in [0.2, 0.25) is 0 Å². The minimum absolute atomic E-state index is 0. The van der Waals surface area contributed by atoms with E-state index >= 15 is 0 Å². The molecule has 0 aliphatic carbocycles. The molecule has 0 radical (unpaired) electrons. The first-order chi connectivity index (χ1) is 12.8. The topological polar surface area (TPSA) is 29.5 Å². The molecule has 152 valence electrons. The van der Waals surface area contributed by atoms with Crippen molar-refractivity contribution < 1.29 is 22.7 Å². The summed E-state index contributed by atoms with van der Waals surface area (Å²) < 4.78 is 44.0. The van der Waals surface area contributed by atoms with Crippen molar-refractivity contribution in [1.29, 1.82) is 0 Å². The zero-order valence-corrected chi connectivity index (χ0v) is 16.6. The molecule has 1 aliphatic heterocycles. The molecule has 2 aromatic carbocycles. The summed E-state index contributed by atoms with van der Waals surface area (Å²) in [5, 5.41) is 0.